The fourth-order valence-corrected chi connectivity index (χ4v) is 3.23. The lowest BCUT2D eigenvalue weighted by atomic mass is 9.89. The van der Waals surface area contributed by atoms with Crippen molar-refractivity contribution in [2.24, 2.45) is 5.92 Å². The van der Waals surface area contributed by atoms with Crippen molar-refractivity contribution >= 4 is 21.2 Å². The van der Waals surface area contributed by atoms with Crippen molar-refractivity contribution in [3.8, 4) is 0 Å². The van der Waals surface area contributed by atoms with Crippen molar-refractivity contribution in [2.75, 3.05) is 23.9 Å². The molecule has 0 amide bonds. The Bertz CT molecular complexity index is 534. The van der Waals surface area contributed by atoms with E-state index in [-0.39, 0.29) is 4.90 Å². The summed E-state index contributed by atoms with van der Waals surface area (Å²) >= 11 is 0. The smallest absolute Gasteiger partial charge is 0.175 e. The highest BCUT2D eigenvalue weighted by atomic mass is 32.2. The minimum Gasteiger partial charge on any atom is -0.397 e. The summed E-state index contributed by atoms with van der Waals surface area (Å²) in [5.41, 5.74) is 7.24. The average molecular weight is 282 g/mol. The van der Waals surface area contributed by atoms with Crippen molar-refractivity contribution < 1.29 is 8.42 Å². The molecule has 19 heavy (non-hydrogen) atoms. The maximum absolute atomic E-state index is 11.4. The molecule has 0 aliphatic heterocycles. The lowest BCUT2D eigenvalue weighted by molar-refractivity contribution is 0.373. The molecule has 1 aliphatic carbocycles. The molecule has 0 saturated heterocycles. The third kappa shape index (κ3) is 3.86. The zero-order valence-electron chi connectivity index (χ0n) is 11.4. The van der Waals surface area contributed by atoms with Crippen molar-refractivity contribution in [2.45, 2.75) is 37.0 Å². The first-order valence-corrected chi connectivity index (χ1v) is 8.69. The monoisotopic (exact) mass is 282 g/mol. The number of benzene rings is 1. The van der Waals surface area contributed by atoms with Crippen LogP contribution in [0.3, 0.4) is 0 Å². The number of hydrogen-bond acceptors (Lipinski definition) is 4. The number of nitrogens with one attached hydrogen (secondary N) is 1. The van der Waals surface area contributed by atoms with Crippen LogP contribution < -0.4 is 11.1 Å². The van der Waals surface area contributed by atoms with E-state index in [1.165, 1.54) is 44.4 Å². The summed E-state index contributed by atoms with van der Waals surface area (Å²) in [4.78, 5) is 0.271. The van der Waals surface area contributed by atoms with Gasteiger partial charge < -0.3 is 11.1 Å². The van der Waals surface area contributed by atoms with Gasteiger partial charge >= 0.3 is 0 Å². The summed E-state index contributed by atoms with van der Waals surface area (Å²) in [6, 6.07) is 4.89. The standard InChI is InChI=1S/C14H22N2O2S/c1-19(17,18)12-7-8-14(13(15)9-12)16-10-11-5-3-2-4-6-11/h7-9,11,16H,2-6,10,15H2,1H3. The van der Waals surface area contributed by atoms with Gasteiger partial charge in [-0.1, -0.05) is 19.3 Å². The largest absolute Gasteiger partial charge is 0.397 e. The van der Waals surface area contributed by atoms with E-state index in [0.717, 1.165) is 12.2 Å². The molecular weight excluding hydrogens is 260 g/mol. The maximum atomic E-state index is 11.4. The number of nitrogen functional groups attached to an aromatic ring is 1. The second kappa shape index (κ2) is 5.82. The van der Waals surface area contributed by atoms with E-state index in [2.05, 4.69) is 5.32 Å². The zero-order valence-corrected chi connectivity index (χ0v) is 12.2. The van der Waals surface area contributed by atoms with Gasteiger partial charge in [-0.3, -0.25) is 0 Å². The highest BCUT2D eigenvalue weighted by Crippen LogP contribution is 2.26. The van der Waals surface area contributed by atoms with Gasteiger partial charge in [-0.25, -0.2) is 8.42 Å². The van der Waals surface area contributed by atoms with Gasteiger partial charge in [-0.2, -0.15) is 0 Å². The van der Waals surface area contributed by atoms with Crippen LogP contribution in [-0.4, -0.2) is 21.2 Å². The van der Waals surface area contributed by atoms with E-state index in [0.29, 0.717) is 11.6 Å². The second-order valence-electron chi connectivity index (χ2n) is 5.41. The Morgan fingerprint density at radius 1 is 1.26 bits per heavy atom. The van der Waals surface area contributed by atoms with Crippen LogP contribution in [0.2, 0.25) is 0 Å². The summed E-state index contributed by atoms with van der Waals surface area (Å²) in [6.45, 7) is 0.919. The van der Waals surface area contributed by atoms with Gasteiger partial charge in [0, 0.05) is 12.8 Å². The normalized spacial score (nSPS) is 17.3. The summed E-state index contributed by atoms with van der Waals surface area (Å²) in [5.74, 6) is 0.711. The van der Waals surface area contributed by atoms with Crippen molar-refractivity contribution in [1.29, 1.82) is 0 Å². The molecular formula is C14H22N2O2S. The Morgan fingerprint density at radius 3 is 2.53 bits per heavy atom. The predicted molar refractivity (Wildman–Crippen MR) is 79.0 cm³/mol. The van der Waals surface area contributed by atoms with Crippen molar-refractivity contribution in [3.05, 3.63) is 18.2 Å². The number of nitrogens with two attached hydrogens (primary N) is 1. The molecule has 0 heterocycles. The van der Waals surface area contributed by atoms with E-state index in [1.807, 2.05) is 0 Å². The van der Waals surface area contributed by atoms with Crippen molar-refractivity contribution in [3.63, 3.8) is 0 Å². The topological polar surface area (TPSA) is 72.2 Å². The molecule has 0 spiro atoms. The lowest BCUT2D eigenvalue weighted by Gasteiger charge is -2.22. The third-order valence-corrected chi connectivity index (χ3v) is 4.87. The predicted octanol–water partition coefficient (Wildman–Crippen LogP) is 2.66. The van der Waals surface area contributed by atoms with E-state index in [9.17, 15) is 8.42 Å². The minimum absolute atomic E-state index is 0.271. The molecule has 3 N–H and O–H groups in total. The minimum atomic E-state index is -3.19. The van der Waals surface area contributed by atoms with Crippen LogP contribution in [0.5, 0.6) is 0 Å². The van der Waals surface area contributed by atoms with Crippen LogP contribution >= 0.6 is 0 Å². The van der Waals surface area contributed by atoms with Gasteiger partial charge in [0.05, 0.1) is 16.3 Å². The molecule has 1 saturated carbocycles. The molecule has 1 aliphatic rings. The van der Waals surface area contributed by atoms with Gasteiger partial charge in [0.2, 0.25) is 0 Å². The summed E-state index contributed by atoms with van der Waals surface area (Å²) in [6.07, 6.45) is 7.71. The number of hydrogen-bond donors (Lipinski definition) is 2. The zero-order chi connectivity index (χ0) is 13.9. The fraction of sp³-hybridized carbons (Fsp3) is 0.571. The summed E-state index contributed by atoms with van der Waals surface area (Å²) in [7, 11) is -3.19. The van der Waals surface area contributed by atoms with Crippen LogP contribution in [0.15, 0.2) is 23.1 Å². The second-order valence-corrected chi connectivity index (χ2v) is 7.42. The molecule has 0 unspecified atom stereocenters. The quantitative estimate of drug-likeness (QED) is 0.833. The molecule has 1 aromatic rings. The Kier molecular flexibility index (Phi) is 4.34. The van der Waals surface area contributed by atoms with Gasteiger partial charge in [-0.05, 0) is 37.0 Å². The maximum Gasteiger partial charge on any atom is 0.175 e. The Hall–Kier alpha value is -1.23. The highest BCUT2D eigenvalue weighted by Gasteiger charge is 2.14. The van der Waals surface area contributed by atoms with Crippen LogP contribution in [0.25, 0.3) is 0 Å². The average Bonchev–Trinajstić information content (AvgIpc) is 2.37. The van der Waals surface area contributed by atoms with E-state index >= 15 is 0 Å². The van der Waals surface area contributed by atoms with Crippen molar-refractivity contribution in [1.82, 2.24) is 0 Å². The Morgan fingerprint density at radius 2 is 1.95 bits per heavy atom. The lowest BCUT2D eigenvalue weighted by Crippen LogP contribution is -2.17. The molecule has 106 valence electrons. The molecule has 0 aromatic heterocycles. The molecule has 2 rings (SSSR count). The molecule has 5 heteroatoms. The number of sulfone groups is 1. The Balaban J connectivity index is 2.01. The van der Waals surface area contributed by atoms with Gasteiger partial charge in [0.15, 0.2) is 9.84 Å². The molecule has 0 radical (unpaired) electrons. The first-order valence-electron chi connectivity index (χ1n) is 6.80. The number of rotatable bonds is 4. The SMILES string of the molecule is CS(=O)(=O)c1ccc(NCC2CCCCC2)c(N)c1. The van der Waals surface area contributed by atoms with E-state index in [4.69, 9.17) is 5.73 Å². The number of anilines is 2. The highest BCUT2D eigenvalue weighted by molar-refractivity contribution is 7.90. The third-order valence-electron chi connectivity index (χ3n) is 3.76. The van der Waals surface area contributed by atoms with Gasteiger partial charge in [0.1, 0.15) is 0 Å². The fourth-order valence-electron chi connectivity index (χ4n) is 2.58. The summed E-state index contributed by atoms with van der Waals surface area (Å²) in [5, 5.41) is 3.34. The molecule has 1 aromatic carbocycles. The Labute approximate surface area is 115 Å². The molecule has 1 fully saturated rings. The summed E-state index contributed by atoms with van der Waals surface area (Å²) < 4.78 is 22.9. The van der Waals surface area contributed by atoms with Gasteiger partial charge in [0.25, 0.3) is 0 Å². The first kappa shape index (κ1) is 14.2. The van der Waals surface area contributed by atoms with E-state index < -0.39 is 9.84 Å². The first-order chi connectivity index (χ1) is 8.97. The van der Waals surface area contributed by atoms with Crippen LogP contribution in [0, 0.1) is 5.92 Å². The van der Waals surface area contributed by atoms with Gasteiger partial charge in [-0.15, -0.1) is 0 Å². The molecule has 0 bridgehead atoms. The molecule has 4 nitrogen and oxygen atoms in total. The van der Waals surface area contributed by atoms with Crippen LogP contribution in [0.4, 0.5) is 11.4 Å². The van der Waals surface area contributed by atoms with E-state index in [1.54, 1.807) is 12.1 Å². The molecule has 0 atom stereocenters. The van der Waals surface area contributed by atoms with Crippen LogP contribution in [-0.2, 0) is 9.84 Å². The van der Waals surface area contributed by atoms with Crippen LogP contribution in [0.1, 0.15) is 32.1 Å².